The van der Waals surface area contributed by atoms with Crippen molar-refractivity contribution in [2.45, 2.75) is 6.54 Å². The zero-order chi connectivity index (χ0) is 15.2. The molecule has 1 aromatic carbocycles. The van der Waals surface area contributed by atoms with E-state index < -0.39 is 16.7 Å². The number of furan rings is 1. The van der Waals surface area contributed by atoms with Crippen molar-refractivity contribution in [3.63, 3.8) is 0 Å². The number of rotatable bonds is 4. The number of nitro benzene ring substituents is 1. The molecular weight excluding hydrogens is 278 g/mol. The van der Waals surface area contributed by atoms with Gasteiger partial charge in [-0.3, -0.25) is 19.7 Å². The number of nitro groups is 1. The highest BCUT2D eigenvalue weighted by atomic mass is 16.6. The maximum absolute atomic E-state index is 11.6. The number of nitrogens with zero attached hydrogens (tertiary/aromatic N) is 1. The molecule has 0 spiro atoms. The number of carbonyl (C=O) groups excluding carboxylic acids is 2. The second-order valence-electron chi connectivity index (χ2n) is 4.02. The van der Waals surface area contributed by atoms with Gasteiger partial charge in [-0.25, -0.2) is 0 Å². The van der Waals surface area contributed by atoms with Gasteiger partial charge in [0.1, 0.15) is 5.76 Å². The lowest BCUT2D eigenvalue weighted by molar-refractivity contribution is -0.384. The van der Waals surface area contributed by atoms with Crippen molar-refractivity contribution < 1.29 is 18.9 Å². The molecule has 0 saturated heterocycles. The van der Waals surface area contributed by atoms with Gasteiger partial charge in [-0.05, 0) is 18.2 Å². The summed E-state index contributed by atoms with van der Waals surface area (Å²) in [5.74, 6) is -1.27. The highest BCUT2D eigenvalue weighted by Crippen LogP contribution is 2.16. The molecule has 2 N–H and O–H groups in total. The van der Waals surface area contributed by atoms with Crippen molar-refractivity contribution in [2.75, 3.05) is 5.32 Å². The summed E-state index contributed by atoms with van der Waals surface area (Å²) in [6.07, 6.45) is 1.45. The summed E-state index contributed by atoms with van der Waals surface area (Å²) in [4.78, 5) is 33.2. The van der Waals surface area contributed by atoms with Crippen molar-refractivity contribution in [3.8, 4) is 0 Å². The number of non-ortho nitro benzene ring substituents is 1. The lowest BCUT2D eigenvalue weighted by Gasteiger charge is -2.05. The van der Waals surface area contributed by atoms with Crippen molar-refractivity contribution in [3.05, 3.63) is 58.5 Å². The molecule has 8 nitrogen and oxygen atoms in total. The van der Waals surface area contributed by atoms with Gasteiger partial charge in [0.2, 0.25) is 0 Å². The van der Waals surface area contributed by atoms with Crippen LogP contribution in [-0.4, -0.2) is 16.7 Å². The van der Waals surface area contributed by atoms with Gasteiger partial charge in [-0.1, -0.05) is 6.07 Å². The molecule has 2 aromatic rings. The summed E-state index contributed by atoms with van der Waals surface area (Å²) in [6, 6.07) is 8.62. The first-order valence-electron chi connectivity index (χ1n) is 5.92. The van der Waals surface area contributed by atoms with Crippen LogP contribution < -0.4 is 10.6 Å². The minimum Gasteiger partial charge on any atom is -0.467 e. The van der Waals surface area contributed by atoms with Crippen LogP contribution in [0.4, 0.5) is 11.4 Å². The summed E-state index contributed by atoms with van der Waals surface area (Å²) in [5.41, 5.74) is -0.00820. The van der Waals surface area contributed by atoms with Crippen LogP contribution in [0.1, 0.15) is 5.76 Å². The molecule has 0 atom stereocenters. The third-order valence-corrected chi connectivity index (χ3v) is 2.52. The zero-order valence-electron chi connectivity index (χ0n) is 10.7. The average molecular weight is 289 g/mol. The molecule has 0 radical (unpaired) electrons. The Bertz CT molecular complexity index is 666. The lowest BCUT2D eigenvalue weighted by Crippen LogP contribution is -2.34. The molecule has 0 aliphatic heterocycles. The maximum atomic E-state index is 11.6. The standard InChI is InChI=1S/C13H11N3O5/c17-12(14-8-11-5-2-6-21-11)13(18)15-9-3-1-4-10(7-9)16(19)20/h1-7H,8H2,(H,14,17)(H,15,18). The van der Waals surface area contributed by atoms with E-state index in [0.29, 0.717) is 5.76 Å². The molecule has 2 rings (SSSR count). The van der Waals surface area contributed by atoms with Crippen molar-refractivity contribution in [1.82, 2.24) is 5.32 Å². The van der Waals surface area contributed by atoms with Crippen LogP contribution >= 0.6 is 0 Å². The molecule has 21 heavy (non-hydrogen) atoms. The number of nitrogens with one attached hydrogen (secondary N) is 2. The first kappa shape index (κ1) is 14.3. The Balaban J connectivity index is 1.92. The number of hydrogen-bond acceptors (Lipinski definition) is 5. The SMILES string of the molecule is O=C(NCc1ccco1)C(=O)Nc1cccc([N+](=O)[O-])c1. The molecule has 0 aliphatic rings. The Morgan fingerprint density at radius 2 is 2.00 bits per heavy atom. The van der Waals surface area contributed by atoms with Crippen LogP contribution in [-0.2, 0) is 16.1 Å². The third-order valence-electron chi connectivity index (χ3n) is 2.52. The molecule has 2 amide bonds. The number of benzene rings is 1. The third kappa shape index (κ3) is 3.90. The lowest BCUT2D eigenvalue weighted by atomic mass is 10.3. The van der Waals surface area contributed by atoms with Gasteiger partial charge in [0, 0.05) is 17.8 Å². The first-order valence-corrected chi connectivity index (χ1v) is 5.92. The van der Waals surface area contributed by atoms with Gasteiger partial charge in [-0.15, -0.1) is 0 Å². The quantitative estimate of drug-likeness (QED) is 0.502. The fourth-order valence-corrected chi connectivity index (χ4v) is 1.55. The zero-order valence-corrected chi connectivity index (χ0v) is 10.7. The van der Waals surface area contributed by atoms with Crippen LogP contribution in [0, 0.1) is 10.1 Å². The molecule has 1 heterocycles. The number of amides is 2. The fourth-order valence-electron chi connectivity index (χ4n) is 1.55. The second kappa shape index (κ2) is 6.33. The number of anilines is 1. The van der Waals surface area contributed by atoms with E-state index in [4.69, 9.17) is 4.42 Å². The monoisotopic (exact) mass is 289 g/mol. The van der Waals surface area contributed by atoms with E-state index in [1.165, 1.54) is 24.5 Å². The molecule has 0 aliphatic carbocycles. The van der Waals surface area contributed by atoms with E-state index in [1.54, 1.807) is 12.1 Å². The predicted octanol–water partition coefficient (Wildman–Crippen LogP) is 1.44. The largest absolute Gasteiger partial charge is 0.467 e. The topological polar surface area (TPSA) is 114 Å². The Hall–Kier alpha value is -3.16. The van der Waals surface area contributed by atoms with Gasteiger partial charge >= 0.3 is 11.8 Å². The van der Waals surface area contributed by atoms with E-state index >= 15 is 0 Å². The van der Waals surface area contributed by atoms with Crippen molar-refractivity contribution >= 4 is 23.2 Å². The molecule has 0 unspecified atom stereocenters. The highest BCUT2D eigenvalue weighted by Gasteiger charge is 2.15. The van der Waals surface area contributed by atoms with Crippen LogP contribution in [0.2, 0.25) is 0 Å². The van der Waals surface area contributed by atoms with Gasteiger partial charge in [0.25, 0.3) is 5.69 Å². The second-order valence-corrected chi connectivity index (χ2v) is 4.02. The van der Waals surface area contributed by atoms with Gasteiger partial charge in [0.05, 0.1) is 17.7 Å². The van der Waals surface area contributed by atoms with Crippen LogP contribution in [0.3, 0.4) is 0 Å². The number of hydrogen-bond donors (Lipinski definition) is 2. The Morgan fingerprint density at radius 3 is 2.67 bits per heavy atom. The summed E-state index contributed by atoms with van der Waals surface area (Å²) >= 11 is 0. The molecule has 0 saturated carbocycles. The average Bonchev–Trinajstić information content (AvgIpc) is 2.98. The summed E-state index contributed by atoms with van der Waals surface area (Å²) in [7, 11) is 0. The molecule has 0 fully saturated rings. The fraction of sp³-hybridized carbons (Fsp3) is 0.0769. The molecule has 8 heteroatoms. The predicted molar refractivity (Wildman–Crippen MR) is 72.3 cm³/mol. The van der Waals surface area contributed by atoms with Crippen LogP contribution in [0.25, 0.3) is 0 Å². The minimum atomic E-state index is -0.915. The minimum absolute atomic E-state index is 0.0776. The Kier molecular flexibility index (Phi) is 4.30. The van der Waals surface area contributed by atoms with E-state index in [1.807, 2.05) is 0 Å². The van der Waals surface area contributed by atoms with E-state index in [9.17, 15) is 19.7 Å². The summed E-state index contributed by atoms with van der Waals surface area (Å²) in [6.45, 7) is 0.0776. The number of carbonyl (C=O) groups is 2. The van der Waals surface area contributed by atoms with Crippen molar-refractivity contribution in [2.24, 2.45) is 0 Å². The van der Waals surface area contributed by atoms with Gasteiger partial charge in [0.15, 0.2) is 0 Å². The molecular formula is C13H11N3O5. The molecule has 1 aromatic heterocycles. The van der Waals surface area contributed by atoms with E-state index in [2.05, 4.69) is 10.6 Å². The highest BCUT2D eigenvalue weighted by molar-refractivity contribution is 6.39. The van der Waals surface area contributed by atoms with Gasteiger partial charge < -0.3 is 15.1 Å². The van der Waals surface area contributed by atoms with E-state index in [0.717, 1.165) is 6.07 Å². The van der Waals surface area contributed by atoms with Crippen LogP contribution in [0.5, 0.6) is 0 Å². The summed E-state index contributed by atoms with van der Waals surface area (Å²) in [5, 5.41) is 15.3. The summed E-state index contributed by atoms with van der Waals surface area (Å²) < 4.78 is 5.00. The Labute approximate surface area is 118 Å². The van der Waals surface area contributed by atoms with Crippen molar-refractivity contribution in [1.29, 1.82) is 0 Å². The van der Waals surface area contributed by atoms with Gasteiger partial charge in [-0.2, -0.15) is 0 Å². The Morgan fingerprint density at radius 1 is 1.19 bits per heavy atom. The molecule has 0 bridgehead atoms. The maximum Gasteiger partial charge on any atom is 0.313 e. The van der Waals surface area contributed by atoms with E-state index in [-0.39, 0.29) is 17.9 Å². The smallest absolute Gasteiger partial charge is 0.313 e. The first-order chi connectivity index (χ1) is 10.1. The van der Waals surface area contributed by atoms with Crippen LogP contribution in [0.15, 0.2) is 47.1 Å². The molecule has 108 valence electrons. The normalized spacial score (nSPS) is 9.90.